The Balaban J connectivity index is 2.02. The van der Waals surface area contributed by atoms with E-state index in [2.05, 4.69) is 26.5 Å². The Labute approximate surface area is 137 Å². The van der Waals surface area contributed by atoms with Crippen LogP contribution < -0.4 is 14.9 Å². The zero-order chi connectivity index (χ0) is 15.9. The minimum absolute atomic E-state index is 0.303. The van der Waals surface area contributed by atoms with Gasteiger partial charge in [0.25, 0.3) is 5.91 Å². The molecule has 6 heteroatoms. The van der Waals surface area contributed by atoms with Crippen molar-refractivity contribution >= 4 is 28.1 Å². The van der Waals surface area contributed by atoms with Crippen LogP contribution in [0.15, 0.2) is 52.0 Å². The lowest BCUT2D eigenvalue weighted by Gasteiger charge is -2.05. The number of carbonyl (C=O) groups excluding carboxylic acids is 1. The number of hydrazone groups is 1. The minimum atomic E-state index is -0.303. The van der Waals surface area contributed by atoms with Gasteiger partial charge in [0.05, 0.1) is 24.9 Å². The maximum absolute atomic E-state index is 12.0. The maximum atomic E-state index is 12.0. The van der Waals surface area contributed by atoms with Crippen LogP contribution in [0.1, 0.15) is 15.9 Å². The molecule has 0 unspecified atom stereocenters. The lowest BCUT2D eigenvalue weighted by Crippen LogP contribution is -2.17. The molecule has 0 saturated carbocycles. The van der Waals surface area contributed by atoms with Crippen LogP contribution in [0.3, 0.4) is 0 Å². The second-order valence-electron chi connectivity index (χ2n) is 4.33. The highest BCUT2D eigenvalue weighted by molar-refractivity contribution is 9.10. The Morgan fingerprint density at radius 3 is 2.68 bits per heavy atom. The van der Waals surface area contributed by atoms with Crippen LogP contribution in [-0.4, -0.2) is 26.3 Å². The van der Waals surface area contributed by atoms with Crippen LogP contribution in [0.25, 0.3) is 0 Å². The highest BCUT2D eigenvalue weighted by atomic mass is 79.9. The van der Waals surface area contributed by atoms with Gasteiger partial charge >= 0.3 is 0 Å². The molecule has 1 N–H and O–H groups in total. The third-order valence-electron chi connectivity index (χ3n) is 2.89. The average Bonchev–Trinajstić information content (AvgIpc) is 2.54. The third-order valence-corrected chi connectivity index (χ3v) is 3.51. The predicted octanol–water partition coefficient (Wildman–Crippen LogP) is 3.23. The number of halogens is 1. The van der Waals surface area contributed by atoms with Crippen molar-refractivity contribution in [1.82, 2.24) is 5.43 Å². The van der Waals surface area contributed by atoms with E-state index in [9.17, 15) is 4.79 Å². The molecule has 2 aromatic rings. The average molecular weight is 363 g/mol. The molecular weight excluding hydrogens is 348 g/mol. The summed E-state index contributed by atoms with van der Waals surface area (Å²) in [6.45, 7) is 0. The fourth-order valence-corrected chi connectivity index (χ4v) is 2.30. The topological polar surface area (TPSA) is 59.9 Å². The minimum Gasteiger partial charge on any atom is -0.497 e. The highest BCUT2D eigenvalue weighted by Crippen LogP contribution is 2.25. The first-order valence-corrected chi connectivity index (χ1v) is 7.24. The smallest absolute Gasteiger partial charge is 0.271 e. The molecule has 0 saturated heterocycles. The molecular formula is C16H15BrN2O3. The van der Waals surface area contributed by atoms with Crippen molar-refractivity contribution in [1.29, 1.82) is 0 Å². The standard InChI is InChI=1S/C16H15BrN2O3/c1-21-13-5-3-4-11(8-13)10-18-19-16(20)12-6-7-15(22-2)14(17)9-12/h3-10H,1-2H3,(H,19,20). The van der Waals surface area contributed by atoms with Gasteiger partial charge in [-0.15, -0.1) is 0 Å². The summed E-state index contributed by atoms with van der Waals surface area (Å²) in [6, 6.07) is 12.4. The fraction of sp³-hybridized carbons (Fsp3) is 0.125. The fourth-order valence-electron chi connectivity index (χ4n) is 1.76. The number of rotatable bonds is 5. The first-order chi connectivity index (χ1) is 10.6. The first kappa shape index (κ1) is 16.0. The van der Waals surface area contributed by atoms with Gasteiger partial charge in [0.1, 0.15) is 11.5 Å². The molecule has 0 aromatic heterocycles. The molecule has 0 radical (unpaired) electrons. The summed E-state index contributed by atoms with van der Waals surface area (Å²) in [6.07, 6.45) is 1.55. The summed E-state index contributed by atoms with van der Waals surface area (Å²) in [5, 5.41) is 3.94. The molecule has 0 heterocycles. The number of methoxy groups -OCH3 is 2. The number of nitrogens with zero attached hydrogens (tertiary/aromatic N) is 1. The second-order valence-corrected chi connectivity index (χ2v) is 5.18. The van der Waals surface area contributed by atoms with Crippen molar-refractivity contribution in [2.24, 2.45) is 5.10 Å². The van der Waals surface area contributed by atoms with E-state index in [-0.39, 0.29) is 5.91 Å². The number of benzene rings is 2. The van der Waals surface area contributed by atoms with Gasteiger partial charge in [-0.05, 0) is 51.8 Å². The largest absolute Gasteiger partial charge is 0.497 e. The molecule has 0 aliphatic carbocycles. The quantitative estimate of drug-likeness (QED) is 0.656. The number of nitrogens with one attached hydrogen (secondary N) is 1. The summed E-state index contributed by atoms with van der Waals surface area (Å²) in [5.74, 6) is 1.09. The molecule has 1 amide bonds. The van der Waals surface area contributed by atoms with E-state index < -0.39 is 0 Å². The third kappa shape index (κ3) is 4.08. The molecule has 0 bridgehead atoms. The SMILES string of the molecule is COc1cccc(C=NNC(=O)c2ccc(OC)c(Br)c2)c1. The molecule has 0 spiro atoms. The van der Waals surface area contributed by atoms with Crippen LogP contribution in [0, 0.1) is 0 Å². The monoisotopic (exact) mass is 362 g/mol. The van der Waals surface area contributed by atoms with Crippen molar-refractivity contribution < 1.29 is 14.3 Å². The summed E-state index contributed by atoms with van der Waals surface area (Å²) >= 11 is 3.34. The number of ether oxygens (including phenoxy) is 2. The van der Waals surface area contributed by atoms with E-state index in [0.29, 0.717) is 15.8 Å². The van der Waals surface area contributed by atoms with Crippen molar-refractivity contribution in [3.8, 4) is 11.5 Å². The molecule has 0 aliphatic heterocycles. The summed E-state index contributed by atoms with van der Waals surface area (Å²) in [4.78, 5) is 12.0. The molecule has 2 rings (SSSR count). The van der Waals surface area contributed by atoms with Crippen molar-refractivity contribution in [2.45, 2.75) is 0 Å². The van der Waals surface area contributed by atoms with Gasteiger partial charge < -0.3 is 9.47 Å². The van der Waals surface area contributed by atoms with E-state index in [1.54, 1.807) is 38.6 Å². The molecule has 22 heavy (non-hydrogen) atoms. The molecule has 0 atom stereocenters. The Kier molecular flexibility index (Phi) is 5.55. The van der Waals surface area contributed by atoms with Crippen LogP contribution in [0.2, 0.25) is 0 Å². The zero-order valence-electron chi connectivity index (χ0n) is 12.2. The summed E-state index contributed by atoms with van der Waals surface area (Å²) in [5.41, 5.74) is 3.79. The maximum Gasteiger partial charge on any atom is 0.271 e. The second kappa shape index (κ2) is 7.61. The molecule has 2 aromatic carbocycles. The number of hydrogen-bond donors (Lipinski definition) is 1. The van der Waals surface area contributed by atoms with Gasteiger partial charge in [0.15, 0.2) is 0 Å². The van der Waals surface area contributed by atoms with Crippen LogP contribution >= 0.6 is 15.9 Å². The Bertz CT molecular complexity index is 702. The Morgan fingerprint density at radius 2 is 2.00 bits per heavy atom. The van der Waals surface area contributed by atoms with E-state index in [1.807, 2.05) is 24.3 Å². The summed E-state index contributed by atoms with van der Waals surface area (Å²) < 4.78 is 10.9. The van der Waals surface area contributed by atoms with Crippen LogP contribution in [-0.2, 0) is 0 Å². The van der Waals surface area contributed by atoms with Crippen LogP contribution in [0.4, 0.5) is 0 Å². The van der Waals surface area contributed by atoms with E-state index >= 15 is 0 Å². The van der Waals surface area contributed by atoms with Gasteiger partial charge in [0.2, 0.25) is 0 Å². The Morgan fingerprint density at radius 1 is 1.18 bits per heavy atom. The first-order valence-electron chi connectivity index (χ1n) is 6.45. The highest BCUT2D eigenvalue weighted by Gasteiger charge is 2.07. The lowest BCUT2D eigenvalue weighted by molar-refractivity contribution is 0.0955. The van der Waals surface area contributed by atoms with Crippen molar-refractivity contribution in [3.63, 3.8) is 0 Å². The van der Waals surface area contributed by atoms with Gasteiger partial charge in [-0.3, -0.25) is 4.79 Å². The van der Waals surface area contributed by atoms with Crippen molar-refractivity contribution in [2.75, 3.05) is 14.2 Å². The van der Waals surface area contributed by atoms with Gasteiger partial charge in [0, 0.05) is 5.56 Å². The molecule has 5 nitrogen and oxygen atoms in total. The predicted molar refractivity (Wildman–Crippen MR) is 88.7 cm³/mol. The zero-order valence-corrected chi connectivity index (χ0v) is 13.8. The number of hydrogen-bond acceptors (Lipinski definition) is 4. The molecule has 0 fully saturated rings. The van der Waals surface area contributed by atoms with Gasteiger partial charge in [-0.2, -0.15) is 5.10 Å². The molecule has 0 aliphatic rings. The van der Waals surface area contributed by atoms with Crippen molar-refractivity contribution in [3.05, 3.63) is 58.1 Å². The lowest BCUT2D eigenvalue weighted by atomic mass is 10.2. The summed E-state index contributed by atoms with van der Waals surface area (Å²) in [7, 11) is 3.16. The van der Waals surface area contributed by atoms with Gasteiger partial charge in [-0.1, -0.05) is 12.1 Å². The van der Waals surface area contributed by atoms with Crippen LogP contribution in [0.5, 0.6) is 11.5 Å². The van der Waals surface area contributed by atoms with E-state index in [0.717, 1.165) is 11.3 Å². The Hall–Kier alpha value is -2.34. The van der Waals surface area contributed by atoms with E-state index in [4.69, 9.17) is 9.47 Å². The normalized spacial score (nSPS) is 10.5. The number of amides is 1. The van der Waals surface area contributed by atoms with E-state index in [1.165, 1.54) is 0 Å². The molecule has 114 valence electrons. The number of carbonyl (C=O) groups is 1. The van der Waals surface area contributed by atoms with Gasteiger partial charge in [-0.25, -0.2) is 5.43 Å².